The van der Waals surface area contributed by atoms with Crippen LogP contribution in [-0.4, -0.2) is 16.5 Å². The van der Waals surface area contributed by atoms with Crippen LogP contribution in [0.2, 0.25) is 0 Å². The van der Waals surface area contributed by atoms with Crippen molar-refractivity contribution in [2.75, 3.05) is 7.11 Å². The molecular formula is C31H26N2O2P+. The third kappa shape index (κ3) is 3.49. The van der Waals surface area contributed by atoms with E-state index in [1.54, 1.807) is 7.11 Å². The lowest BCUT2D eigenvalue weighted by Gasteiger charge is -2.14. The average Bonchev–Trinajstić information content (AvgIpc) is 3.21. The average molecular weight is 490 g/mol. The highest BCUT2D eigenvalue weighted by Gasteiger charge is 2.31. The lowest BCUT2D eigenvalue weighted by molar-refractivity contribution is 0.415. The van der Waals surface area contributed by atoms with Gasteiger partial charge in [0, 0.05) is 11.8 Å². The molecule has 0 aliphatic rings. The zero-order valence-corrected chi connectivity index (χ0v) is 21.6. The van der Waals surface area contributed by atoms with E-state index in [9.17, 15) is 4.57 Å². The molecule has 0 radical (unpaired) electrons. The van der Waals surface area contributed by atoms with Crippen molar-refractivity contribution in [2.24, 2.45) is 0 Å². The largest absolute Gasteiger partial charge is 0.497 e. The number of nitrogens with zero attached hydrogens (tertiary/aromatic N) is 2. The monoisotopic (exact) mass is 489 g/mol. The Kier molecular flexibility index (Phi) is 5.35. The van der Waals surface area contributed by atoms with E-state index in [1.165, 1.54) is 0 Å². The van der Waals surface area contributed by atoms with Gasteiger partial charge in [0.1, 0.15) is 11.4 Å². The molecule has 0 fully saturated rings. The van der Waals surface area contributed by atoms with Crippen molar-refractivity contribution < 1.29 is 9.30 Å². The number of aryl methyl sites for hydroxylation is 3. The van der Waals surface area contributed by atoms with Crippen LogP contribution in [0.1, 0.15) is 16.8 Å². The number of ether oxygens (including phenoxy) is 1. The fourth-order valence-corrected chi connectivity index (χ4v) is 6.69. The number of hydrogen-bond acceptors (Lipinski definition) is 3. The van der Waals surface area contributed by atoms with Crippen LogP contribution in [0.25, 0.3) is 38.6 Å². The van der Waals surface area contributed by atoms with E-state index in [0.717, 1.165) is 71.8 Å². The molecule has 0 aliphatic carbocycles. The van der Waals surface area contributed by atoms with Gasteiger partial charge in [0.25, 0.3) is 0 Å². The summed E-state index contributed by atoms with van der Waals surface area (Å²) in [5.74, 6) is 0.789. The van der Waals surface area contributed by atoms with Crippen LogP contribution in [0.3, 0.4) is 0 Å². The van der Waals surface area contributed by atoms with E-state index in [0.29, 0.717) is 0 Å². The quantitative estimate of drug-likeness (QED) is 0.250. The normalized spacial score (nSPS) is 11.9. The Morgan fingerprint density at radius 1 is 0.861 bits per heavy atom. The van der Waals surface area contributed by atoms with Crippen LogP contribution in [0.5, 0.6) is 5.75 Å². The van der Waals surface area contributed by atoms with E-state index in [2.05, 4.69) is 42.5 Å². The summed E-state index contributed by atoms with van der Waals surface area (Å²) in [6.07, 6.45) is 0. The highest BCUT2D eigenvalue weighted by atomic mass is 31.1. The highest BCUT2D eigenvalue weighted by molar-refractivity contribution is 7.61. The van der Waals surface area contributed by atoms with Gasteiger partial charge in [-0.3, -0.25) is 0 Å². The van der Waals surface area contributed by atoms with Gasteiger partial charge in [-0.15, -0.1) is 0 Å². The van der Waals surface area contributed by atoms with Crippen molar-refractivity contribution in [2.45, 2.75) is 20.8 Å². The van der Waals surface area contributed by atoms with E-state index in [1.807, 2.05) is 67.6 Å². The summed E-state index contributed by atoms with van der Waals surface area (Å²) in [4.78, 5) is 5.22. The summed E-state index contributed by atoms with van der Waals surface area (Å²) in [6, 6.07) is 28.5. The van der Waals surface area contributed by atoms with E-state index in [-0.39, 0.29) is 0 Å². The second-order valence-electron chi connectivity index (χ2n) is 9.28. The molecule has 0 amide bonds. The lowest BCUT2D eigenvalue weighted by Crippen LogP contribution is -2.12. The number of aromatic nitrogens is 2. The molecule has 176 valence electrons. The van der Waals surface area contributed by atoms with E-state index >= 15 is 0 Å². The zero-order valence-electron chi connectivity index (χ0n) is 20.7. The van der Waals surface area contributed by atoms with Gasteiger partial charge >= 0.3 is 7.80 Å². The Hall–Kier alpha value is -4.01. The Morgan fingerprint density at radius 3 is 2.50 bits per heavy atom. The standard InChI is InChI=1S/C31H26N2O2P/c1-19-8-7-10-24(16-19)36(34)28-15-12-22-9-5-6-11-25(22)29(28)30-31-20(2)17-21(3)33(31)27-18-23(35-4)13-14-26(27)32-30/h5-18H,1-4H3/q+1. The molecule has 4 aromatic carbocycles. The Morgan fingerprint density at radius 2 is 1.69 bits per heavy atom. The molecule has 0 saturated heterocycles. The maximum atomic E-state index is 14.1. The maximum absolute atomic E-state index is 14.1. The smallest absolute Gasteiger partial charge is 0.416 e. The SMILES string of the molecule is COc1ccc2nc(-c3c([P+](=O)c4cccc(C)c4)ccc4ccccc34)c3c(C)cc(C)n3c2c1. The second-order valence-corrected chi connectivity index (χ2v) is 10.9. The Labute approximate surface area is 211 Å². The summed E-state index contributed by atoms with van der Waals surface area (Å²) >= 11 is 0. The molecule has 6 rings (SSSR count). The first-order chi connectivity index (χ1) is 17.5. The minimum absolute atomic E-state index is 0.789. The number of benzene rings is 4. The topological polar surface area (TPSA) is 43.6 Å². The molecule has 2 heterocycles. The molecule has 0 bridgehead atoms. The second kappa shape index (κ2) is 8.58. The highest BCUT2D eigenvalue weighted by Crippen LogP contribution is 2.38. The van der Waals surface area contributed by atoms with Crippen molar-refractivity contribution in [1.29, 1.82) is 0 Å². The van der Waals surface area contributed by atoms with Crippen molar-refractivity contribution in [3.05, 3.63) is 102 Å². The number of rotatable bonds is 4. The molecular weight excluding hydrogens is 463 g/mol. The molecule has 4 nitrogen and oxygen atoms in total. The maximum Gasteiger partial charge on any atom is 0.416 e. The van der Waals surface area contributed by atoms with Gasteiger partial charge in [-0.1, -0.05) is 41.0 Å². The van der Waals surface area contributed by atoms with Gasteiger partial charge in [0.05, 0.1) is 29.2 Å². The van der Waals surface area contributed by atoms with Crippen molar-refractivity contribution >= 4 is 45.7 Å². The number of methoxy groups -OCH3 is 1. The van der Waals surface area contributed by atoms with E-state index < -0.39 is 7.80 Å². The minimum Gasteiger partial charge on any atom is -0.497 e. The van der Waals surface area contributed by atoms with Crippen LogP contribution in [-0.2, 0) is 4.57 Å². The number of fused-ring (bicyclic) bond motifs is 4. The van der Waals surface area contributed by atoms with Gasteiger partial charge in [0.2, 0.25) is 5.30 Å². The molecule has 6 aromatic rings. The van der Waals surface area contributed by atoms with Gasteiger partial charge in [-0.25, -0.2) is 4.98 Å². The first kappa shape index (κ1) is 22.5. The molecule has 1 atom stereocenters. The van der Waals surface area contributed by atoms with Crippen molar-refractivity contribution in [3.8, 4) is 17.0 Å². The third-order valence-corrected chi connectivity index (χ3v) is 8.41. The van der Waals surface area contributed by atoms with Gasteiger partial charge < -0.3 is 9.14 Å². The summed E-state index contributed by atoms with van der Waals surface area (Å²) in [7, 11) is -0.154. The Bertz CT molecular complexity index is 1830. The molecule has 1 unspecified atom stereocenters. The predicted molar refractivity (Wildman–Crippen MR) is 150 cm³/mol. The molecule has 0 saturated carbocycles. The van der Waals surface area contributed by atoms with E-state index in [4.69, 9.17) is 9.72 Å². The summed E-state index contributed by atoms with van der Waals surface area (Å²) in [5, 5.41) is 3.77. The van der Waals surface area contributed by atoms with Crippen LogP contribution in [0.4, 0.5) is 0 Å². The third-order valence-electron chi connectivity index (χ3n) is 6.85. The zero-order chi connectivity index (χ0) is 25.0. The van der Waals surface area contributed by atoms with Gasteiger partial charge in [-0.05, 0) is 85.1 Å². The first-order valence-corrected chi connectivity index (χ1v) is 13.2. The molecule has 36 heavy (non-hydrogen) atoms. The molecule has 0 spiro atoms. The Balaban J connectivity index is 1.76. The van der Waals surface area contributed by atoms with Crippen LogP contribution in [0.15, 0.2) is 84.9 Å². The predicted octanol–water partition coefficient (Wildman–Crippen LogP) is 7.02. The summed E-state index contributed by atoms with van der Waals surface area (Å²) in [5.41, 5.74) is 8.00. The molecule has 5 heteroatoms. The van der Waals surface area contributed by atoms with Gasteiger partial charge in [-0.2, -0.15) is 0 Å². The fourth-order valence-electron chi connectivity index (χ4n) is 5.23. The summed E-state index contributed by atoms with van der Waals surface area (Å²) in [6.45, 7) is 6.26. The van der Waals surface area contributed by atoms with Crippen LogP contribution in [0, 0.1) is 20.8 Å². The van der Waals surface area contributed by atoms with Crippen molar-refractivity contribution in [1.82, 2.24) is 9.38 Å². The van der Waals surface area contributed by atoms with Crippen LogP contribution >= 0.6 is 7.80 Å². The molecule has 2 aromatic heterocycles. The molecule has 0 N–H and O–H groups in total. The summed E-state index contributed by atoms with van der Waals surface area (Å²) < 4.78 is 21.9. The number of hydrogen-bond donors (Lipinski definition) is 0. The lowest BCUT2D eigenvalue weighted by atomic mass is 10.00. The van der Waals surface area contributed by atoms with Gasteiger partial charge in [0.15, 0.2) is 5.30 Å². The fraction of sp³-hybridized carbons (Fsp3) is 0.129. The molecule has 0 aliphatic heterocycles. The first-order valence-electron chi connectivity index (χ1n) is 12.0. The van der Waals surface area contributed by atoms with Crippen LogP contribution < -0.4 is 15.3 Å². The minimum atomic E-state index is -1.83. The van der Waals surface area contributed by atoms with Crippen molar-refractivity contribution in [3.63, 3.8) is 0 Å².